The third-order valence-electron chi connectivity index (χ3n) is 3.18. The van der Waals surface area contributed by atoms with Crippen molar-refractivity contribution in [2.45, 2.75) is 26.3 Å². The highest BCUT2D eigenvalue weighted by Crippen LogP contribution is 2.26. The molecule has 20 heavy (non-hydrogen) atoms. The van der Waals surface area contributed by atoms with Gasteiger partial charge in [0.15, 0.2) is 0 Å². The molecular weight excluding hydrogens is 277 g/mol. The fourth-order valence-corrected chi connectivity index (χ4v) is 2.51. The van der Waals surface area contributed by atoms with Crippen LogP contribution >= 0.6 is 11.6 Å². The second-order valence-corrected chi connectivity index (χ2v) is 5.21. The largest absolute Gasteiger partial charge is 0.271 e. The Hall–Kier alpha value is -1.49. The standard InChI is InChI=1S/C15H17ClFN3/c1-9-6-11(7-10(2)19-9)15(20-18)8-12-13(16)4-3-5-14(12)17/h3-7,15,20H,8,18H2,1-2H3. The summed E-state index contributed by atoms with van der Waals surface area (Å²) in [5, 5.41) is 0.410. The minimum absolute atomic E-state index is 0.218. The van der Waals surface area contributed by atoms with Gasteiger partial charge in [0.2, 0.25) is 0 Å². The zero-order valence-electron chi connectivity index (χ0n) is 11.5. The molecule has 0 radical (unpaired) electrons. The van der Waals surface area contributed by atoms with Gasteiger partial charge in [0, 0.05) is 22.0 Å². The predicted octanol–water partition coefficient (Wildman–Crippen LogP) is 3.24. The average Bonchev–Trinajstić information content (AvgIpc) is 2.37. The molecule has 2 rings (SSSR count). The monoisotopic (exact) mass is 293 g/mol. The minimum atomic E-state index is -0.319. The predicted molar refractivity (Wildman–Crippen MR) is 78.9 cm³/mol. The molecule has 3 N–H and O–H groups in total. The highest BCUT2D eigenvalue weighted by molar-refractivity contribution is 6.31. The first-order valence-corrected chi connectivity index (χ1v) is 6.73. The fraction of sp³-hybridized carbons (Fsp3) is 0.267. The molecule has 1 atom stereocenters. The number of hydrazine groups is 1. The SMILES string of the molecule is Cc1cc(C(Cc2c(F)cccc2Cl)NN)cc(C)n1. The molecule has 0 aliphatic rings. The number of nitrogens with one attached hydrogen (secondary N) is 1. The Bertz CT molecular complexity index is 576. The Morgan fingerprint density at radius 1 is 1.30 bits per heavy atom. The lowest BCUT2D eigenvalue weighted by Crippen LogP contribution is -2.30. The number of halogens is 2. The van der Waals surface area contributed by atoms with Gasteiger partial charge in [0.1, 0.15) is 5.82 Å². The van der Waals surface area contributed by atoms with E-state index in [2.05, 4.69) is 10.4 Å². The van der Waals surface area contributed by atoms with E-state index in [9.17, 15) is 4.39 Å². The van der Waals surface area contributed by atoms with Crippen LogP contribution in [-0.2, 0) is 6.42 Å². The van der Waals surface area contributed by atoms with E-state index in [1.165, 1.54) is 6.07 Å². The van der Waals surface area contributed by atoms with E-state index in [0.717, 1.165) is 17.0 Å². The summed E-state index contributed by atoms with van der Waals surface area (Å²) in [5.74, 6) is 5.30. The summed E-state index contributed by atoms with van der Waals surface area (Å²) in [6.07, 6.45) is 0.380. The first kappa shape index (κ1) is 14.9. The normalized spacial score (nSPS) is 12.4. The third kappa shape index (κ3) is 3.33. The van der Waals surface area contributed by atoms with Crippen LogP contribution < -0.4 is 11.3 Å². The van der Waals surface area contributed by atoms with E-state index in [-0.39, 0.29) is 11.9 Å². The highest BCUT2D eigenvalue weighted by Gasteiger charge is 2.16. The highest BCUT2D eigenvalue weighted by atomic mass is 35.5. The van der Waals surface area contributed by atoms with Crippen molar-refractivity contribution in [2.75, 3.05) is 0 Å². The molecule has 0 bridgehead atoms. The molecule has 0 aliphatic carbocycles. The van der Waals surface area contributed by atoms with Crippen LogP contribution in [0.4, 0.5) is 4.39 Å². The van der Waals surface area contributed by atoms with E-state index >= 15 is 0 Å². The maximum Gasteiger partial charge on any atom is 0.127 e. The number of aryl methyl sites for hydroxylation is 2. The van der Waals surface area contributed by atoms with Crippen molar-refractivity contribution in [1.29, 1.82) is 0 Å². The van der Waals surface area contributed by atoms with Crippen molar-refractivity contribution < 1.29 is 4.39 Å². The van der Waals surface area contributed by atoms with Crippen LogP contribution in [0.5, 0.6) is 0 Å². The molecule has 5 heteroatoms. The molecule has 0 spiro atoms. The van der Waals surface area contributed by atoms with Gasteiger partial charge in [0.05, 0.1) is 6.04 Å². The Labute approximate surface area is 122 Å². The molecule has 0 saturated heterocycles. The molecular formula is C15H17ClFN3. The molecule has 2 aromatic rings. The van der Waals surface area contributed by atoms with Gasteiger partial charge in [-0.25, -0.2) is 4.39 Å². The summed E-state index contributed by atoms with van der Waals surface area (Å²) >= 11 is 6.06. The van der Waals surface area contributed by atoms with Crippen molar-refractivity contribution in [3.05, 3.63) is 63.7 Å². The minimum Gasteiger partial charge on any atom is -0.271 e. The quantitative estimate of drug-likeness (QED) is 0.672. The van der Waals surface area contributed by atoms with Crippen LogP contribution in [0, 0.1) is 19.7 Å². The summed E-state index contributed by atoms with van der Waals surface area (Å²) in [6.45, 7) is 3.83. The van der Waals surface area contributed by atoms with Gasteiger partial charge in [-0.05, 0) is 50.1 Å². The Kier molecular flexibility index (Phi) is 4.70. The maximum absolute atomic E-state index is 13.9. The van der Waals surface area contributed by atoms with Crippen molar-refractivity contribution >= 4 is 11.6 Å². The topological polar surface area (TPSA) is 50.9 Å². The van der Waals surface area contributed by atoms with Crippen LogP contribution in [0.1, 0.15) is 28.6 Å². The number of nitrogens with zero attached hydrogens (tertiary/aromatic N) is 1. The average molecular weight is 294 g/mol. The summed E-state index contributed by atoms with van der Waals surface area (Å²) in [5.41, 5.74) is 5.96. The smallest absolute Gasteiger partial charge is 0.127 e. The van der Waals surface area contributed by atoms with E-state index in [4.69, 9.17) is 17.4 Å². The second-order valence-electron chi connectivity index (χ2n) is 4.81. The molecule has 1 aromatic carbocycles. The lowest BCUT2D eigenvalue weighted by atomic mass is 9.98. The number of benzene rings is 1. The van der Waals surface area contributed by atoms with Gasteiger partial charge in [-0.3, -0.25) is 16.3 Å². The first-order chi connectivity index (χ1) is 9.51. The number of rotatable bonds is 4. The summed E-state index contributed by atoms with van der Waals surface area (Å²) in [6, 6.07) is 8.32. The zero-order valence-corrected chi connectivity index (χ0v) is 12.2. The molecule has 1 aromatic heterocycles. The van der Waals surface area contributed by atoms with Crippen LogP contribution in [0.2, 0.25) is 5.02 Å². The summed E-state index contributed by atoms with van der Waals surface area (Å²) < 4.78 is 13.9. The molecule has 0 saturated carbocycles. The third-order valence-corrected chi connectivity index (χ3v) is 3.53. The van der Waals surface area contributed by atoms with Crippen LogP contribution in [-0.4, -0.2) is 4.98 Å². The van der Waals surface area contributed by atoms with Crippen LogP contribution in [0.15, 0.2) is 30.3 Å². The lowest BCUT2D eigenvalue weighted by molar-refractivity contribution is 0.528. The van der Waals surface area contributed by atoms with Crippen LogP contribution in [0.3, 0.4) is 0 Å². The van der Waals surface area contributed by atoms with Crippen molar-refractivity contribution in [3.8, 4) is 0 Å². The summed E-state index contributed by atoms with van der Waals surface area (Å²) in [4.78, 5) is 4.32. The van der Waals surface area contributed by atoms with Gasteiger partial charge in [-0.2, -0.15) is 0 Å². The van der Waals surface area contributed by atoms with Crippen molar-refractivity contribution in [3.63, 3.8) is 0 Å². The number of hydrogen-bond donors (Lipinski definition) is 2. The molecule has 0 fully saturated rings. The maximum atomic E-state index is 13.9. The van der Waals surface area contributed by atoms with Gasteiger partial charge in [0.25, 0.3) is 0 Å². The summed E-state index contributed by atoms with van der Waals surface area (Å²) in [7, 11) is 0. The lowest BCUT2D eigenvalue weighted by Gasteiger charge is -2.18. The van der Waals surface area contributed by atoms with Gasteiger partial charge in [-0.15, -0.1) is 0 Å². The van der Waals surface area contributed by atoms with Gasteiger partial charge >= 0.3 is 0 Å². The van der Waals surface area contributed by atoms with E-state index < -0.39 is 0 Å². The number of pyridine rings is 1. The molecule has 0 aliphatic heterocycles. The van der Waals surface area contributed by atoms with E-state index in [0.29, 0.717) is 17.0 Å². The van der Waals surface area contributed by atoms with Gasteiger partial charge in [-0.1, -0.05) is 17.7 Å². The Morgan fingerprint density at radius 3 is 2.50 bits per heavy atom. The first-order valence-electron chi connectivity index (χ1n) is 6.35. The molecule has 106 valence electrons. The Balaban J connectivity index is 2.33. The number of hydrogen-bond acceptors (Lipinski definition) is 3. The van der Waals surface area contributed by atoms with Crippen molar-refractivity contribution in [2.24, 2.45) is 5.84 Å². The fourth-order valence-electron chi connectivity index (χ4n) is 2.27. The van der Waals surface area contributed by atoms with E-state index in [1.54, 1.807) is 12.1 Å². The molecule has 1 heterocycles. The van der Waals surface area contributed by atoms with Gasteiger partial charge < -0.3 is 0 Å². The van der Waals surface area contributed by atoms with Crippen molar-refractivity contribution in [1.82, 2.24) is 10.4 Å². The Morgan fingerprint density at radius 2 is 1.95 bits per heavy atom. The number of aromatic nitrogens is 1. The second kappa shape index (κ2) is 6.31. The number of nitrogens with two attached hydrogens (primary N) is 1. The molecule has 0 amide bonds. The van der Waals surface area contributed by atoms with Crippen LogP contribution in [0.25, 0.3) is 0 Å². The molecule has 1 unspecified atom stereocenters. The zero-order chi connectivity index (χ0) is 14.7. The van der Waals surface area contributed by atoms with E-state index in [1.807, 2.05) is 26.0 Å². The molecule has 3 nitrogen and oxygen atoms in total.